The monoisotopic (exact) mass is 206 g/mol. The molecule has 0 saturated heterocycles. The summed E-state index contributed by atoms with van der Waals surface area (Å²) >= 11 is 0. The number of nitrogens with zero attached hydrogens (tertiary/aromatic N) is 4. The number of allylic oxidation sites excluding steroid dienone is 2. The van der Waals surface area contributed by atoms with Gasteiger partial charge in [0.1, 0.15) is 0 Å². The Kier molecular flexibility index (Phi) is 7.98. The Balaban J connectivity index is 0. The zero-order valence-corrected chi connectivity index (χ0v) is 10.2. The maximum Gasteiger partial charge on any atom is 1.00 e. The molecule has 0 radical (unpaired) electrons. The molecule has 0 aromatic carbocycles. The van der Waals surface area contributed by atoms with Gasteiger partial charge in [-0.25, -0.2) is 21.0 Å². The smallest absolute Gasteiger partial charge is 0.371 e. The van der Waals surface area contributed by atoms with E-state index in [1.54, 1.807) is 0 Å². The second kappa shape index (κ2) is 7.63. The third-order valence-electron chi connectivity index (χ3n) is 1.30. The molecule has 0 unspecified atom stereocenters. The van der Waals surface area contributed by atoms with E-state index in [0.29, 0.717) is 0 Å². The molecule has 0 bridgehead atoms. The Bertz CT molecular complexity index is 422. The first-order valence-electron chi connectivity index (χ1n) is 3.35. The molecule has 0 aliphatic heterocycles. The van der Waals surface area contributed by atoms with E-state index in [4.69, 9.17) is 21.0 Å². The number of ketones is 1. The van der Waals surface area contributed by atoms with E-state index in [-0.39, 0.29) is 29.6 Å². The van der Waals surface area contributed by atoms with Crippen molar-refractivity contribution in [3.63, 3.8) is 0 Å². The summed E-state index contributed by atoms with van der Waals surface area (Å²) in [6, 6.07) is 5.83. The predicted octanol–water partition coefficient (Wildman–Crippen LogP) is -2.46. The van der Waals surface area contributed by atoms with Crippen molar-refractivity contribution in [2.45, 2.75) is 6.92 Å². The minimum absolute atomic E-state index is 0. The largest absolute Gasteiger partial charge is 1.00 e. The Morgan fingerprint density at radius 1 is 1.07 bits per heavy atom. The molecule has 0 N–H and O–H groups in total. The number of hydrogen-bond donors (Lipinski definition) is 0. The fourth-order valence-corrected chi connectivity index (χ4v) is 0.751. The first kappa shape index (κ1) is 15.7. The third-order valence-corrected chi connectivity index (χ3v) is 1.30. The van der Waals surface area contributed by atoms with Gasteiger partial charge >= 0.3 is 29.6 Å². The van der Waals surface area contributed by atoms with Crippen molar-refractivity contribution in [3.8, 4) is 24.3 Å². The maximum atomic E-state index is 11.0. The summed E-state index contributed by atoms with van der Waals surface area (Å²) in [5, 5.41) is 33.9. The van der Waals surface area contributed by atoms with Crippen LogP contribution >= 0.6 is 0 Å². The van der Waals surface area contributed by atoms with Crippen molar-refractivity contribution >= 4 is 5.78 Å². The molecule has 5 nitrogen and oxygen atoms in total. The average Bonchev–Trinajstić information content (AvgIpc) is 2.18. The molecule has 0 aliphatic rings. The van der Waals surface area contributed by atoms with E-state index < -0.39 is 22.8 Å². The molecule has 0 aliphatic carbocycles. The Morgan fingerprint density at radius 3 is 1.67 bits per heavy atom. The number of rotatable bonds is 2. The van der Waals surface area contributed by atoms with E-state index in [1.807, 2.05) is 0 Å². The topological polar surface area (TPSA) is 112 Å². The molecule has 15 heavy (non-hydrogen) atoms. The molecular weight excluding hydrogens is 203 g/mol. The minimum Gasteiger partial charge on any atom is -0.371 e. The Hall–Kier alpha value is -1.76. The van der Waals surface area contributed by atoms with Crippen molar-refractivity contribution < 1.29 is 34.4 Å². The quantitative estimate of drug-likeness (QED) is 0.215. The van der Waals surface area contributed by atoms with E-state index in [2.05, 4.69) is 0 Å². The summed E-state index contributed by atoms with van der Waals surface area (Å²) in [6.07, 6.45) is 0. The summed E-state index contributed by atoms with van der Waals surface area (Å²) in [6.45, 7) is 1.08. The van der Waals surface area contributed by atoms with E-state index in [0.717, 1.165) is 6.92 Å². The summed E-state index contributed by atoms with van der Waals surface area (Å²) < 4.78 is 0. The van der Waals surface area contributed by atoms with E-state index in [9.17, 15) is 4.79 Å². The zero-order valence-electron chi connectivity index (χ0n) is 8.20. The molecule has 6 heteroatoms. The van der Waals surface area contributed by atoms with Gasteiger partial charge in [-0.15, -0.1) is 0 Å². The number of hydrogen-bond acceptors (Lipinski definition) is 5. The van der Waals surface area contributed by atoms with Crippen LogP contribution in [-0.2, 0) is 4.79 Å². The normalized spacial score (nSPS) is 6.47. The van der Waals surface area contributed by atoms with Crippen LogP contribution in [0.25, 0.3) is 0 Å². The maximum absolute atomic E-state index is 11.0. The second-order valence-electron chi connectivity index (χ2n) is 2.13. The van der Waals surface area contributed by atoms with Gasteiger partial charge in [0.15, 0.2) is 0 Å². The average molecular weight is 206 g/mol. The Labute approximate surface area is 109 Å². The van der Waals surface area contributed by atoms with Crippen LogP contribution in [0.3, 0.4) is 0 Å². The molecular formula is C9H3N4NaO. The number of nitriles is 4. The molecule has 0 heterocycles. The van der Waals surface area contributed by atoms with Crippen LogP contribution < -0.4 is 29.6 Å². The molecule has 0 amide bonds. The van der Waals surface area contributed by atoms with Gasteiger partial charge in [-0.2, -0.15) is 0 Å². The van der Waals surface area contributed by atoms with Gasteiger partial charge in [0.05, 0.1) is 5.78 Å². The molecule has 0 aromatic rings. The van der Waals surface area contributed by atoms with Crippen LogP contribution in [0.5, 0.6) is 0 Å². The molecule has 0 fully saturated rings. The van der Waals surface area contributed by atoms with Gasteiger partial charge in [0, 0.05) is 35.8 Å². The first-order chi connectivity index (χ1) is 6.62. The van der Waals surface area contributed by atoms with Crippen LogP contribution in [0.15, 0.2) is 11.1 Å². The van der Waals surface area contributed by atoms with E-state index in [1.165, 1.54) is 24.3 Å². The van der Waals surface area contributed by atoms with Crippen LogP contribution in [0.2, 0.25) is 0 Å². The number of carbonyl (C=O) groups excluding carboxylic acids is 1. The van der Waals surface area contributed by atoms with Crippen LogP contribution in [0.1, 0.15) is 6.92 Å². The van der Waals surface area contributed by atoms with Crippen LogP contribution in [-0.4, -0.2) is 5.78 Å². The molecule has 66 valence electrons. The third kappa shape index (κ3) is 3.86. The molecule has 0 saturated carbocycles. The van der Waals surface area contributed by atoms with Crippen molar-refractivity contribution in [1.82, 2.24) is 0 Å². The number of carbonyl (C=O) groups is 1. The van der Waals surface area contributed by atoms with Crippen molar-refractivity contribution in [2.24, 2.45) is 0 Å². The fraction of sp³-hybridized carbons (Fsp3) is 0.111. The Morgan fingerprint density at radius 2 is 1.47 bits per heavy atom. The summed E-state index contributed by atoms with van der Waals surface area (Å²) in [7, 11) is 0. The van der Waals surface area contributed by atoms with Gasteiger partial charge in [0.25, 0.3) is 0 Å². The first-order valence-corrected chi connectivity index (χ1v) is 3.35. The summed E-state index contributed by atoms with van der Waals surface area (Å²) in [5.41, 5.74) is -0.935. The predicted molar refractivity (Wildman–Crippen MR) is 43.4 cm³/mol. The van der Waals surface area contributed by atoms with Gasteiger partial charge in [-0.05, 0) is 6.92 Å². The molecule has 0 aromatic heterocycles. The van der Waals surface area contributed by atoms with Crippen molar-refractivity contribution in [3.05, 3.63) is 17.1 Å². The van der Waals surface area contributed by atoms with Crippen molar-refractivity contribution in [1.29, 1.82) is 21.0 Å². The summed E-state index contributed by atoms with van der Waals surface area (Å²) in [5.74, 6) is -1.17. The van der Waals surface area contributed by atoms with Gasteiger partial charge in [-0.3, -0.25) is 0 Å². The van der Waals surface area contributed by atoms with Crippen LogP contribution in [0, 0.1) is 51.2 Å². The molecule has 0 atom stereocenters. The minimum atomic E-state index is -0.652. The zero-order chi connectivity index (χ0) is 11.1. The second-order valence-corrected chi connectivity index (χ2v) is 2.13. The van der Waals surface area contributed by atoms with Crippen molar-refractivity contribution in [2.75, 3.05) is 0 Å². The number of Topliss-reactive ketones (excluding diaryl/α,β-unsaturated/α-hetero) is 1. The molecule has 0 spiro atoms. The SMILES string of the molecule is CC(=O)C(=C(C#N)C#N)[C-](C#N)C#N.[Na+]. The van der Waals surface area contributed by atoms with Gasteiger partial charge in [-0.1, -0.05) is 5.57 Å². The molecule has 0 rings (SSSR count). The summed E-state index contributed by atoms with van der Waals surface area (Å²) in [4.78, 5) is 11.0. The standard InChI is InChI=1S/C9H3N4O.Na/c1-6(14)9(7(2-10)3-11)8(4-12)5-13;/h1H3;/q-1;+1. The van der Waals surface area contributed by atoms with Gasteiger partial charge < -0.3 is 4.79 Å². The van der Waals surface area contributed by atoms with E-state index >= 15 is 0 Å². The van der Waals surface area contributed by atoms with Gasteiger partial charge in [0.2, 0.25) is 0 Å². The fourth-order valence-electron chi connectivity index (χ4n) is 0.751. The van der Waals surface area contributed by atoms with Crippen LogP contribution in [0.4, 0.5) is 0 Å².